The molecule has 100 valence electrons. The maximum atomic E-state index is 13.7. The standard InChI is InChI=1S/C14H9Br2Cl2F/c15-10-5-4-8(6-13(10)18)11(16)7-9-12(17)2-1-3-14(9)19/h1-6,11H,7H2. The Morgan fingerprint density at radius 3 is 2.47 bits per heavy atom. The number of halogens is 5. The highest BCUT2D eigenvalue weighted by Crippen LogP contribution is 2.34. The lowest BCUT2D eigenvalue weighted by atomic mass is 10.0. The minimum atomic E-state index is -0.292. The Morgan fingerprint density at radius 2 is 1.84 bits per heavy atom. The highest BCUT2D eigenvalue weighted by Gasteiger charge is 2.15. The fourth-order valence-corrected chi connectivity index (χ4v) is 3.02. The first-order chi connectivity index (χ1) is 8.99. The molecule has 1 unspecified atom stereocenters. The van der Waals surface area contributed by atoms with Gasteiger partial charge in [0.1, 0.15) is 5.82 Å². The summed E-state index contributed by atoms with van der Waals surface area (Å²) in [6, 6.07) is 10.4. The molecule has 5 heteroatoms. The number of rotatable bonds is 3. The first-order valence-corrected chi connectivity index (χ1v) is 7.97. The molecule has 2 aromatic rings. The molecule has 0 fully saturated rings. The van der Waals surface area contributed by atoms with Gasteiger partial charge in [0, 0.05) is 19.9 Å². The molecular formula is C14H9Br2Cl2F. The molecule has 19 heavy (non-hydrogen) atoms. The third-order valence-corrected chi connectivity index (χ3v) is 5.19. The Kier molecular flexibility index (Phi) is 5.29. The first kappa shape index (κ1) is 15.3. The largest absolute Gasteiger partial charge is 0.207 e. The zero-order valence-corrected chi connectivity index (χ0v) is 14.3. The van der Waals surface area contributed by atoms with E-state index < -0.39 is 0 Å². The van der Waals surface area contributed by atoms with Gasteiger partial charge in [-0.1, -0.05) is 51.3 Å². The summed E-state index contributed by atoms with van der Waals surface area (Å²) < 4.78 is 14.6. The molecule has 0 bridgehead atoms. The quantitative estimate of drug-likeness (QED) is 0.486. The summed E-state index contributed by atoms with van der Waals surface area (Å²) in [6.07, 6.45) is 0.462. The van der Waals surface area contributed by atoms with Crippen molar-refractivity contribution in [2.75, 3.05) is 0 Å². The van der Waals surface area contributed by atoms with Gasteiger partial charge in [0.2, 0.25) is 0 Å². The van der Waals surface area contributed by atoms with Gasteiger partial charge in [0.05, 0.1) is 5.02 Å². The van der Waals surface area contributed by atoms with E-state index in [2.05, 4.69) is 31.9 Å². The second-order valence-electron chi connectivity index (χ2n) is 4.05. The predicted molar refractivity (Wildman–Crippen MR) is 85.9 cm³/mol. The molecular weight excluding hydrogens is 418 g/mol. The van der Waals surface area contributed by atoms with Crippen LogP contribution in [0.3, 0.4) is 0 Å². The zero-order valence-electron chi connectivity index (χ0n) is 9.64. The fourth-order valence-electron chi connectivity index (χ4n) is 1.73. The van der Waals surface area contributed by atoms with Crippen LogP contribution in [0.15, 0.2) is 40.9 Å². The van der Waals surface area contributed by atoms with Crippen LogP contribution < -0.4 is 0 Å². The van der Waals surface area contributed by atoms with Gasteiger partial charge < -0.3 is 0 Å². The Bertz CT molecular complexity index is 582. The van der Waals surface area contributed by atoms with Crippen molar-refractivity contribution in [2.24, 2.45) is 0 Å². The van der Waals surface area contributed by atoms with Gasteiger partial charge in [-0.25, -0.2) is 4.39 Å². The molecule has 0 spiro atoms. The summed E-state index contributed by atoms with van der Waals surface area (Å²) >= 11 is 19.0. The van der Waals surface area contributed by atoms with Crippen LogP contribution >= 0.6 is 55.1 Å². The summed E-state index contributed by atoms with van der Waals surface area (Å²) in [5.41, 5.74) is 1.48. The van der Waals surface area contributed by atoms with Crippen molar-refractivity contribution in [3.05, 3.63) is 67.9 Å². The van der Waals surface area contributed by atoms with Gasteiger partial charge in [-0.05, 0) is 52.2 Å². The van der Waals surface area contributed by atoms with Crippen molar-refractivity contribution >= 4 is 55.1 Å². The van der Waals surface area contributed by atoms with E-state index in [9.17, 15) is 4.39 Å². The third kappa shape index (κ3) is 3.72. The van der Waals surface area contributed by atoms with Crippen molar-refractivity contribution in [3.8, 4) is 0 Å². The molecule has 2 rings (SSSR count). The monoisotopic (exact) mass is 424 g/mol. The molecule has 0 heterocycles. The minimum absolute atomic E-state index is 0.0486. The topological polar surface area (TPSA) is 0 Å². The zero-order chi connectivity index (χ0) is 14.0. The van der Waals surface area contributed by atoms with E-state index in [0.717, 1.165) is 10.0 Å². The highest BCUT2D eigenvalue weighted by atomic mass is 79.9. The minimum Gasteiger partial charge on any atom is -0.207 e. The molecule has 0 aromatic heterocycles. The van der Waals surface area contributed by atoms with Gasteiger partial charge in [-0.3, -0.25) is 0 Å². The van der Waals surface area contributed by atoms with Crippen molar-refractivity contribution < 1.29 is 4.39 Å². The molecule has 0 saturated carbocycles. The lowest BCUT2D eigenvalue weighted by Gasteiger charge is -2.13. The van der Waals surface area contributed by atoms with E-state index in [1.807, 2.05) is 18.2 Å². The van der Waals surface area contributed by atoms with Gasteiger partial charge in [-0.15, -0.1) is 0 Å². The summed E-state index contributed by atoms with van der Waals surface area (Å²) in [5, 5.41) is 1.06. The average molecular weight is 427 g/mol. The molecule has 0 saturated heterocycles. The number of hydrogen-bond donors (Lipinski definition) is 0. The molecule has 0 N–H and O–H groups in total. The van der Waals surface area contributed by atoms with Gasteiger partial charge >= 0.3 is 0 Å². The average Bonchev–Trinajstić information content (AvgIpc) is 2.37. The summed E-state index contributed by atoms with van der Waals surface area (Å²) in [5.74, 6) is -0.292. The SMILES string of the molecule is Fc1cccc(Cl)c1CC(Br)c1ccc(Br)c(Cl)c1. The maximum Gasteiger partial charge on any atom is 0.127 e. The second kappa shape index (κ2) is 6.57. The van der Waals surface area contributed by atoms with E-state index in [1.165, 1.54) is 6.07 Å². The van der Waals surface area contributed by atoms with Crippen LogP contribution in [-0.4, -0.2) is 0 Å². The van der Waals surface area contributed by atoms with E-state index in [4.69, 9.17) is 23.2 Å². The van der Waals surface area contributed by atoms with Gasteiger partial charge in [0.25, 0.3) is 0 Å². The van der Waals surface area contributed by atoms with Crippen LogP contribution in [0, 0.1) is 5.82 Å². The van der Waals surface area contributed by atoms with Gasteiger partial charge in [0.15, 0.2) is 0 Å². The smallest absolute Gasteiger partial charge is 0.127 e. The van der Waals surface area contributed by atoms with Crippen molar-refractivity contribution in [1.82, 2.24) is 0 Å². The molecule has 0 aliphatic heterocycles. The van der Waals surface area contributed by atoms with Crippen LogP contribution in [0.2, 0.25) is 10.0 Å². The van der Waals surface area contributed by atoms with Crippen LogP contribution in [0.5, 0.6) is 0 Å². The molecule has 0 amide bonds. The maximum absolute atomic E-state index is 13.7. The molecule has 0 radical (unpaired) electrons. The number of hydrogen-bond acceptors (Lipinski definition) is 0. The van der Waals surface area contributed by atoms with Crippen molar-refractivity contribution in [2.45, 2.75) is 11.2 Å². The molecule has 0 aliphatic rings. The third-order valence-electron chi connectivity index (χ3n) is 2.75. The number of benzene rings is 2. The predicted octanol–water partition coefficient (Wildman–Crippen LogP) is 6.57. The van der Waals surface area contributed by atoms with Crippen LogP contribution in [-0.2, 0) is 6.42 Å². The number of alkyl halides is 1. The van der Waals surface area contributed by atoms with E-state index >= 15 is 0 Å². The molecule has 1 atom stereocenters. The second-order valence-corrected chi connectivity index (χ2v) is 6.82. The van der Waals surface area contributed by atoms with E-state index in [0.29, 0.717) is 22.0 Å². The van der Waals surface area contributed by atoms with E-state index in [-0.39, 0.29) is 10.6 Å². The molecule has 0 aliphatic carbocycles. The molecule has 2 aromatic carbocycles. The van der Waals surface area contributed by atoms with E-state index in [1.54, 1.807) is 12.1 Å². The van der Waals surface area contributed by atoms with Crippen molar-refractivity contribution in [3.63, 3.8) is 0 Å². The Morgan fingerprint density at radius 1 is 1.11 bits per heavy atom. The summed E-state index contributed by atoms with van der Waals surface area (Å²) in [7, 11) is 0. The highest BCUT2D eigenvalue weighted by molar-refractivity contribution is 9.10. The van der Waals surface area contributed by atoms with Crippen LogP contribution in [0.1, 0.15) is 16.0 Å². The Hall–Kier alpha value is -0.0900. The van der Waals surface area contributed by atoms with Crippen molar-refractivity contribution in [1.29, 1.82) is 0 Å². The van der Waals surface area contributed by atoms with Crippen LogP contribution in [0.25, 0.3) is 0 Å². The summed E-state index contributed by atoms with van der Waals surface area (Å²) in [4.78, 5) is -0.0486. The fraction of sp³-hybridized carbons (Fsp3) is 0.143. The lowest BCUT2D eigenvalue weighted by molar-refractivity contribution is 0.608. The van der Waals surface area contributed by atoms with Crippen LogP contribution in [0.4, 0.5) is 4.39 Å². The molecule has 0 nitrogen and oxygen atoms in total. The Balaban J connectivity index is 2.25. The lowest BCUT2D eigenvalue weighted by Crippen LogP contribution is -1.99. The normalized spacial score (nSPS) is 12.5. The van der Waals surface area contributed by atoms with Gasteiger partial charge in [-0.2, -0.15) is 0 Å². The summed E-state index contributed by atoms with van der Waals surface area (Å²) in [6.45, 7) is 0. The Labute approximate surface area is 138 Å². The first-order valence-electron chi connectivity index (χ1n) is 5.51.